The number of rotatable bonds is 4. The maximum Gasteiger partial charge on any atom is 0.277 e. The molecule has 0 fully saturated rings. The lowest BCUT2D eigenvalue weighted by Crippen LogP contribution is -2.24. The zero-order valence-electron chi connectivity index (χ0n) is 14.5. The summed E-state index contributed by atoms with van der Waals surface area (Å²) in [5.41, 5.74) is 3.46. The number of aryl methyl sites for hydroxylation is 1. The third kappa shape index (κ3) is 3.06. The van der Waals surface area contributed by atoms with Crippen LogP contribution in [0.4, 0.5) is 0 Å². The lowest BCUT2D eigenvalue weighted by Gasteiger charge is -2.11. The van der Waals surface area contributed by atoms with Crippen molar-refractivity contribution in [2.75, 3.05) is 0 Å². The third-order valence-corrected chi connectivity index (χ3v) is 4.91. The second-order valence-corrected chi connectivity index (χ2v) is 6.80. The van der Waals surface area contributed by atoms with E-state index in [1.54, 1.807) is 4.57 Å². The van der Waals surface area contributed by atoms with Crippen molar-refractivity contribution < 1.29 is 0 Å². The van der Waals surface area contributed by atoms with E-state index in [0.29, 0.717) is 29.1 Å². The van der Waals surface area contributed by atoms with Crippen LogP contribution in [0.25, 0.3) is 11.0 Å². The number of hydrogen-bond acceptors (Lipinski definition) is 3. The Labute approximate surface area is 157 Å². The molecule has 4 nitrogen and oxygen atoms in total. The van der Waals surface area contributed by atoms with E-state index in [9.17, 15) is 4.79 Å². The first kappa shape index (κ1) is 16.7. The van der Waals surface area contributed by atoms with Crippen molar-refractivity contribution in [1.82, 2.24) is 14.1 Å². The summed E-state index contributed by atoms with van der Waals surface area (Å²) in [4.78, 5) is 17.8. The average Bonchev–Trinajstić information content (AvgIpc) is 2.95. The number of benzene rings is 2. The fourth-order valence-electron chi connectivity index (χ4n) is 3.22. The van der Waals surface area contributed by atoms with Crippen LogP contribution in [0.5, 0.6) is 0 Å². The third-order valence-electron chi connectivity index (χ3n) is 4.54. The standard InChI is InChI=1S/C21H19N3OS/c1-15-22-18-12-19(26)24(14-17-10-6-3-7-11-17)21(25)20(18)23(15)13-16-8-4-2-5-9-16/h2-12,26H,13-14H2,1H3. The Bertz CT molecular complexity index is 1110. The number of nitrogens with zero attached hydrogens (tertiary/aromatic N) is 3. The molecule has 0 spiro atoms. The van der Waals surface area contributed by atoms with Gasteiger partial charge in [-0.3, -0.25) is 9.36 Å². The maximum atomic E-state index is 13.2. The van der Waals surface area contributed by atoms with Crippen LogP contribution < -0.4 is 5.56 Å². The van der Waals surface area contributed by atoms with Crippen LogP contribution in [0.15, 0.2) is 76.6 Å². The van der Waals surface area contributed by atoms with Gasteiger partial charge in [0.15, 0.2) is 0 Å². The minimum absolute atomic E-state index is 0.0621. The zero-order valence-corrected chi connectivity index (χ0v) is 15.4. The van der Waals surface area contributed by atoms with Gasteiger partial charge >= 0.3 is 0 Å². The van der Waals surface area contributed by atoms with Gasteiger partial charge in [0.05, 0.1) is 17.1 Å². The summed E-state index contributed by atoms with van der Waals surface area (Å²) in [6.07, 6.45) is 0. The van der Waals surface area contributed by atoms with Crippen molar-refractivity contribution in [1.29, 1.82) is 0 Å². The molecular weight excluding hydrogens is 342 g/mol. The van der Waals surface area contributed by atoms with Crippen molar-refractivity contribution in [2.45, 2.75) is 25.0 Å². The predicted octanol–water partition coefficient (Wildman–Crippen LogP) is 3.89. The van der Waals surface area contributed by atoms with Crippen LogP contribution in [0.3, 0.4) is 0 Å². The number of hydrogen-bond donors (Lipinski definition) is 1. The second kappa shape index (κ2) is 6.84. The van der Waals surface area contributed by atoms with E-state index in [1.807, 2.05) is 66.1 Å². The summed E-state index contributed by atoms with van der Waals surface area (Å²) in [6, 6.07) is 21.9. The van der Waals surface area contributed by atoms with Crippen molar-refractivity contribution in [3.05, 3.63) is 94.0 Å². The Morgan fingerprint density at radius 2 is 1.42 bits per heavy atom. The quantitative estimate of drug-likeness (QED) is 0.560. The Hall–Kier alpha value is -2.79. The molecule has 130 valence electrons. The summed E-state index contributed by atoms with van der Waals surface area (Å²) >= 11 is 4.53. The van der Waals surface area contributed by atoms with Gasteiger partial charge in [0, 0.05) is 6.54 Å². The van der Waals surface area contributed by atoms with E-state index in [0.717, 1.165) is 17.0 Å². The zero-order chi connectivity index (χ0) is 18.1. The molecule has 2 aromatic carbocycles. The molecule has 0 N–H and O–H groups in total. The van der Waals surface area contributed by atoms with Crippen molar-refractivity contribution in [3.63, 3.8) is 0 Å². The molecule has 2 aromatic heterocycles. The van der Waals surface area contributed by atoms with E-state index in [1.165, 1.54) is 0 Å². The summed E-state index contributed by atoms with van der Waals surface area (Å²) in [6.45, 7) is 3.04. The largest absolute Gasteiger partial charge is 0.319 e. The lowest BCUT2D eigenvalue weighted by molar-refractivity contribution is 0.687. The Kier molecular flexibility index (Phi) is 4.39. The molecule has 0 atom stereocenters. The lowest BCUT2D eigenvalue weighted by atomic mass is 10.2. The predicted molar refractivity (Wildman–Crippen MR) is 107 cm³/mol. The van der Waals surface area contributed by atoms with Crippen molar-refractivity contribution in [2.24, 2.45) is 0 Å². The smallest absolute Gasteiger partial charge is 0.277 e. The first-order chi connectivity index (χ1) is 12.6. The topological polar surface area (TPSA) is 39.8 Å². The maximum absolute atomic E-state index is 13.2. The summed E-state index contributed by atoms with van der Waals surface area (Å²) < 4.78 is 3.69. The van der Waals surface area contributed by atoms with Crippen molar-refractivity contribution in [3.8, 4) is 0 Å². The molecule has 0 bridgehead atoms. The monoisotopic (exact) mass is 361 g/mol. The van der Waals surface area contributed by atoms with Gasteiger partial charge in [-0.05, 0) is 24.1 Å². The van der Waals surface area contributed by atoms with Gasteiger partial charge in [-0.25, -0.2) is 4.98 Å². The summed E-state index contributed by atoms with van der Waals surface area (Å²) in [5, 5.41) is 0.621. The number of aromatic nitrogens is 3. The van der Waals surface area contributed by atoms with E-state index < -0.39 is 0 Å². The fourth-order valence-corrected chi connectivity index (χ4v) is 3.51. The van der Waals surface area contributed by atoms with Crippen LogP contribution in [0.2, 0.25) is 0 Å². The molecule has 2 heterocycles. The van der Waals surface area contributed by atoms with Gasteiger partial charge in [0.2, 0.25) is 0 Å². The highest BCUT2D eigenvalue weighted by atomic mass is 32.1. The van der Waals surface area contributed by atoms with Crippen LogP contribution in [0.1, 0.15) is 17.0 Å². The van der Waals surface area contributed by atoms with Crippen LogP contribution in [0, 0.1) is 6.92 Å². The van der Waals surface area contributed by atoms with E-state index in [2.05, 4.69) is 29.7 Å². The number of fused-ring (bicyclic) bond motifs is 1. The van der Waals surface area contributed by atoms with Crippen molar-refractivity contribution >= 4 is 23.7 Å². The normalized spacial score (nSPS) is 11.2. The molecule has 0 saturated heterocycles. The molecular formula is C21H19N3OS. The summed E-state index contributed by atoms with van der Waals surface area (Å²) in [5.74, 6) is 0.825. The van der Waals surface area contributed by atoms with E-state index >= 15 is 0 Å². The molecule has 0 aliphatic carbocycles. The van der Waals surface area contributed by atoms with Crippen LogP contribution in [-0.4, -0.2) is 14.1 Å². The molecule has 0 amide bonds. The molecule has 0 saturated carbocycles. The van der Waals surface area contributed by atoms with Gasteiger partial charge in [-0.1, -0.05) is 60.7 Å². The number of thiol groups is 1. The molecule has 0 aliphatic heterocycles. The van der Waals surface area contributed by atoms with E-state index in [-0.39, 0.29) is 5.56 Å². The fraction of sp³-hybridized carbons (Fsp3) is 0.143. The summed E-state index contributed by atoms with van der Waals surface area (Å²) in [7, 11) is 0. The Morgan fingerprint density at radius 1 is 0.885 bits per heavy atom. The first-order valence-electron chi connectivity index (χ1n) is 8.51. The highest BCUT2D eigenvalue weighted by Gasteiger charge is 2.16. The molecule has 4 aromatic rings. The molecule has 4 rings (SSSR count). The SMILES string of the molecule is Cc1nc2cc(S)n(Cc3ccccc3)c(=O)c2n1Cc1ccccc1. The average molecular weight is 361 g/mol. The number of pyridine rings is 1. The molecule has 5 heteroatoms. The van der Waals surface area contributed by atoms with Gasteiger partial charge < -0.3 is 4.57 Å². The highest BCUT2D eigenvalue weighted by molar-refractivity contribution is 7.80. The van der Waals surface area contributed by atoms with Crippen LogP contribution in [-0.2, 0) is 13.1 Å². The molecule has 0 unspecified atom stereocenters. The van der Waals surface area contributed by atoms with Crippen LogP contribution >= 0.6 is 12.6 Å². The molecule has 0 radical (unpaired) electrons. The van der Waals surface area contributed by atoms with E-state index in [4.69, 9.17) is 0 Å². The highest BCUT2D eigenvalue weighted by Crippen LogP contribution is 2.18. The number of imidazole rings is 1. The molecule has 26 heavy (non-hydrogen) atoms. The second-order valence-electron chi connectivity index (χ2n) is 6.34. The Morgan fingerprint density at radius 3 is 2.00 bits per heavy atom. The van der Waals surface area contributed by atoms with Gasteiger partial charge in [-0.2, -0.15) is 0 Å². The minimum atomic E-state index is -0.0621. The van der Waals surface area contributed by atoms with Gasteiger partial charge in [0.1, 0.15) is 11.3 Å². The van der Waals surface area contributed by atoms with Gasteiger partial charge in [-0.15, -0.1) is 12.6 Å². The minimum Gasteiger partial charge on any atom is -0.319 e. The Balaban J connectivity index is 1.85. The van der Waals surface area contributed by atoms with Gasteiger partial charge in [0.25, 0.3) is 5.56 Å². The first-order valence-corrected chi connectivity index (χ1v) is 8.95. The molecule has 0 aliphatic rings.